The van der Waals surface area contributed by atoms with Crippen LogP contribution in [0.5, 0.6) is 5.75 Å². The number of Topliss-reactive ketones (excluding diaryl/α,β-unsaturated/α-hetero) is 1. The number of nitrogens with one attached hydrogen (secondary N) is 2. The molecule has 31 heavy (non-hydrogen) atoms. The van der Waals surface area contributed by atoms with E-state index in [9.17, 15) is 9.59 Å². The van der Waals surface area contributed by atoms with Crippen LogP contribution < -0.4 is 20.9 Å². The molecule has 0 aliphatic heterocycles. The number of carbonyl (C=O) groups is 2. The van der Waals surface area contributed by atoms with Gasteiger partial charge in [0.25, 0.3) is 0 Å². The molecule has 0 radical (unpaired) electrons. The monoisotopic (exact) mass is 457 g/mol. The van der Waals surface area contributed by atoms with Crippen LogP contribution in [-0.2, 0) is 4.79 Å². The van der Waals surface area contributed by atoms with E-state index >= 15 is 0 Å². The van der Waals surface area contributed by atoms with Gasteiger partial charge in [-0.2, -0.15) is 4.37 Å². The molecule has 0 fully saturated rings. The molecule has 0 spiro atoms. The molecule has 0 bridgehead atoms. The van der Waals surface area contributed by atoms with E-state index in [4.69, 9.17) is 4.74 Å². The van der Waals surface area contributed by atoms with Gasteiger partial charge >= 0.3 is 0 Å². The Kier molecular flexibility index (Phi) is 7.30. The molecule has 162 valence electrons. The van der Waals surface area contributed by atoms with Crippen molar-refractivity contribution in [2.75, 3.05) is 31.1 Å². The van der Waals surface area contributed by atoms with Gasteiger partial charge in [0.1, 0.15) is 10.8 Å². The number of hydrogen-bond acceptors (Lipinski definition) is 8. The summed E-state index contributed by atoms with van der Waals surface area (Å²) in [6.07, 6.45) is 1.80. The number of methoxy groups -OCH3 is 1. The van der Waals surface area contributed by atoms with Gasteiger partial charge in [0.05, 0.1) is 29.6 Å². The van der Waals surface area contributed by atoms with Crippen LogP contribution in [0.2, 0.25) is 0 Å². The summed E-state index contributed by atoms with van der Waals surface area (Å²) in [7, 11) is 1.19. The first-order valence-electron chi connectivity index (χ1n) is 9.60. The molecule has 0 atom stereocenters. The summed E-state index contributed by atoms with van der Waals surface area (Å²) in [5.41, 5.74) is 3.29. The van der Waals surface area contributed by atoms with Gasteiger partial charge in [0.2, 0.25) is 5.91 Å². The second kappa shape index (κ2) is 9.94. The van der Waals surface area contributed by atoms with Crippen molar-refractivity contribution in [2.24, 2.45) is 0 Å². The average molecular weight is 457 g/mol. The fourth-order valence-electron chi connectivity index (χ4n) is 2.90. The Hall–Kier alpha value is -2.90. The number of ketones is 1. The van der Waals surface area contributed by atoms with E-state index in [1.807, 2.05) is 18.2 Å². The third-order valence-electron chi connectivity index (χ3n) is 4.36. The van der Waals surface area contributed by atoms with Crippen LogP contribution in [0, 0.1) is 0 Å². The molecule has 2 aromatic heterocycles. The number of carbonyl (C=O) groups excluding carboxylic acids is 2. The number of anilines is 3. The normalized spacial score (nSPS) is 10.8. The van der Waals surface area contributed by atoms with Crippen molar-refractivity contribution < 1.29 is 14.3 Å². The molecule has 10 heteroatoms. The molecule has 1 aromatic carbocycles. The van der Waals surface area contributed by atoms with Gasteiger partial charge in [0, 0.05) is 25.6 Å². The van der Waals surface area contributed by atoms with Gasteiger partial charge in [-0.3, -0.25) is 9.59 Å². The van der Waals surface area contributed by atoms with Crippen LogP contribution in [0.3, 0.4) is 0 Å². The summed E-state index contributed by atoms with van der Waals surface area (Å²) < 4.78 is 10.2. The van der Waals surface area contributed by atoms with Crippen LogP contribution in [0.4, 0.5) is 17.2 Å². The maximum atomic E-state index is 12.5. The number of benzene rings is 1. The van der Waals surface area contributed by atoms with E-state index in [2.05, 4.69) is 38.3 Å². The summed E-state index contributed by atoms with van der Waals surface area (Å²) in [5.74, 6) is 0.638. The van der Waals surface area contributed by atoms with Crippen LogP contribution in [0.25, 0.3) is 10.6 Å². The van der Waals surface area contributed by atoms with Gasteiger partial charge < -0.3 is 15.4 Å². The molecule has 0 saturated heterocycles. The predicted molar refractivity (Wildman–Crippen MR) is 127 cm³/mol. The third kappa shape index (κ3) is 5.24. The molecular weight excluding hydrogens is 433 g/mol. The molecule has 3 aromatic rings. The number of pyridine rings is 1. The van der Waals surface area contributed by atoms with E-state index in [0.29, 0.717) is 34.9 Å². The quantitative estimate of drug-likeness (QED) is 0.384. The number of amides is 1. The van der Waals surface area contributed by atoms with E-state index in [-0.39, 0.29) is 11.7 Å². The van der Waals surface area contributed by atoms with Crippen molar-refractivity contribution in [2.45, 2.75) is 20.3 Å². The van der Waals surface area contributed by atoms with Crippen molar-refractivity contribution in [1.29, 1.82) is 0 Å². The minimum absolute atomic E-state index is 0.0625. The van der Waals surface area contributed by atoms with Crippen molar-refractivity contribution in [3.8, 4) is 16.3 Å². The Morgan fingerprint density at radius 1 is 1.23 bits per heavy atom. The van der Waals surface area contributed by atoms with E-state index in [1.54, 1.807) is 20.1 Å². The van der Waals surface area contributed by atoms with Crippen molar-refractivity contribution in [3.05, 3.63) is 36.0 Å². The highest BCUT2D eigenvalue weighted by atomic mass is 32.1. The van der Waals surface area contributed by atoms with Crippen LogP contribution in [0.15, 0.2) is 30.5 Å². The fourth-order valence-corrected chi connectivity index (χ4v) is 4.63. The highest BCUT2D eigenvalue weighted by Crippen LogP contribution is 2.39. The number of ether oxygens (including phenoxy) is 1. The number of para-hydroxylation sites is 1. The lowest BCUT2D eigenvalue weighted by Crippen LogP contribution is -2.10. The zero-order valence-electron chi connectivity index (χ0n) is 18.0. The summed E-state index contributed by atoms with van der Waals surface area (Å²) in [6, 6.07) is 7.31. The first-order chi connectivity index (χ1) is 14.8. The molecule has 0 unspecified atom stereocenters. The van der Waals surface area contributed by atoms with Gasteiger partial charge in [-0.05, 0) is 44.9 Å². The number of hydrogen-bond donors (Lipinski definition) is 2. The number of rotatable bonds is 8. The standard InChI is InChI=1S/C21H24N5O3PS/c1-6-17(28)14-11-22-18(23-12(2)27)10-16(14)24-15-9-7-8-13(19(15)29-3)20-25-21(26-31-20)30(4)5/h7-11H,6H2,1-5H3,(H2,22,23,24,27). The maximum absolute atomic E-state index is 12.5. The largest absolute Gasteiger partial charge is 0.494 e. The van der Waals surface area contributed by atoms with Crippen LogP contribution in [-0.4, -0.2) is 46.5 Å². The van der Waals surface area contributed by atoms with E-state index in [1.165, 1.54) is 24.7 Å². The second-order valence-electron chi connectivity index (χ2n) is 6.88. The lowest BCUT2D eigenvalue weighted by Gasteiger charge is -2.16. The molecule has 3 rings (SSSR count). The average Bonchev–Trinajstić information content (AvgIpc) is 3.23. The summed E-state index contributed by atoms with van der Waals surface area (Å²) in [4.78, 5) is 32.7. The Balaban J connectivity index is 2.05. The highest BCUT2D eigenvalue weighted by molar-refractivity contribution is 7.63. The minimum Gasteiger partial charge on any atom is -0.494 e. The van der Waals surface area contributed by atoms with E-state index < -0.39 is 7.92 Å². The van der Waals surface area contributed by atoms with Gasteiger partial charge in [-0.1, -0.05) is 13.0 Å². The summed E-state index contributed by atoms with van der Waals surface area (Å²) >= 11 is 1.33. The molecule has 0 aliphatic carbocycles. The molecule has 1 amide bonds. The summed E-state index contributed by atoms with van der Waals surface area (Å²) in [6.45, 7) is 7.41. The number of nitrogens with zero attached hydrogens (tertiary/aromatic N) is 3. The zero-order chi connectivity index (χ0) is 22.5. The van der Waals surface area contributed by atoms with Gasteiger partial charge in [-0.15, -0.1) is 0 Å². The third-order valence-corrected chi connectivity index (χ3v) is 6.25. The SMILES string of the molecule is CCC(=O)c1cnc(NC(C)=O)cc1Nc1cccc(-c2nc(P(C)C)ns2)c1OC. The Morgan fingerprint density at radius 2 is 2.00 bits per heavy atom. The topological polar surface area (TPSA) is 106 Å². The van der Waals surface area contributed by atoms with Gasteiger partial charge in [-0.25, -0.2) is 9.97 Å². The first-order valence-corrected chi connectivity index (χ1v) is 12.6. The Labute approximate surface area is 186 Å². The molecule has 2 heterocycles. The lowest BCUT2D eigenvalue weighted by molar-refractivity contribution is -0.114. The molecule has 8 nitrogen and oxygen atoms in total. The first kappa shape index (κ1) is 22.8. The van der Waals surface area contributed by atoms with Crippen molar-refractivity contribution >= 4 is 53.9 Å². The molecule has 0 aliphatic rings. The smallest absolute Gasteiger partial charge is 0.222 e. The lowest BCUT2D eigenvalue weighted by atomic mass is 10.1. The second-order valence-corrected chi connectivity index (χ2v) is 9.82. The molecule has 0 saturated carbocycles. The van der Waals surface area contributed by atoms with Crippen molar-refractivity contribution in [1.82, 2.24) is 14.3 Å². The minimum atomic E-state index is -0.398. The molecular formula is C21H24N5O3PS. The van der Waals surface area contributed by atoms with Crippen LogP contribution in [0.1, 0.15) is 30.6 Å². The van der Waals surface area contributed by atoms with Gasteiger partial charge in [0.15, 0.2) is 17.1 Å². The van der Waals surface area contributed by atoms with Crippen molar-refractivity contribution in [3.63, 3.8) is 0 Å². The zero-order valence-corrected chi connectivity index (χ0v) is 19.7. The van der Waals surface area contributed by atoms with E-state index in [0.717, 1.165) is 16.1 Å². The Bertz CT molecular complexity index is 1120. The Morgan fingerprint density at radius 3 is 2.61 bits per heavy atom. The molecule has 2 N–H and O–H groups in total. The summed E-state index contributed by atoms with van der Waals surface area (Å²) in [5, 5.41) is 6.70. The fraction of sp³-hybridized carbons (Fsp3) is 0.286. The maximum Gasteiger partial charge on any atom is 0.222 e. The highest BCUT2D eigenvalue weighted by Gasteiger charge is 2.18. The number of aromatic nitrogens is 3. The predicted octanol–water partition coefficient (Wildman–Crippen LogP) is 4.27. The van der Waals surface area contributed by atoms with Crippen LogP contribution >= 0.6 is 19.5 Å².